The molecule has 1 aliphatic rings. The Morgan fingerprint density at radius 1 is 0.341 bits per heavy atom. The van der Waals surface area contributed by atoms with Crippen molar-refractivity contribution in [3.05, 3.63) is 198 Å². The predicted octanol–water partition coefficient (Wildman–Crippen LogP) is 10.8. The normalized spacial score (nSPS) is 13.2. The van der Waals surface area contributed by atoms with Crippen molar-refractivity contribution < 1.29 is 0 Å². The van der Waals surface area contributed by atoms with Crippen LogP contribution in [0.5, 0.6) is 0 Å². The maximum atomic E-state index is 2.40. The molecule has 0 saturated heterocycles. The lowest BCUT2D eigenvalue weighted by atomic mass is 9.67. The number of fused-ring (bicyclic) bond motifs is 6. The van der Waals surface area contributed by atoms with E-state index >= 15 is 0 Å². The number of aromatic nitrogens is 1. The number of benzene rings is 7. The van der Waals surface area contributed by atoms with E-state index < -0.39 is 5.41 Å². The number of hydrogen-bond acceptors (Lipinski definition) is 0. The van der Waals surface area contributed by atoms with E-state index in [4.69, 9.17) is 0 Å². The Kier molecular flexibility index (Phi) is 5.48. The smallest absolute Gasteiger partial charge is 0.0713 e. The number of nitrogens with zero attached hydrogens (tertiary/aromatic N) is 1. The molecule has 1 aliphatic carbocycles. The second-order valence-electron chi connectivity index (χ2n) is 11.7. The van der Waals surface area contributed by atoms with Crippen LogP contribution in [0.25, 0.3) is 49.7 Å². The molecule has 0 spiro atoms. The second kappa shape index (κ2) is 9.69. The first-order chi connectivity index (χ1) is 21.8. The van der Waals surface area contributed by atoms with Gasteiger partial charge in [0.1, 0.15) is 0 Å². The van der Waals surface area contributed by atoms with Crippen LogP contribution in [0.3, 0.4) is 0 Å². The third-order valence-corrected chi connectivity index (χ3v) is 9.52. The first-order valence-electron chi connectivity index (χ1n) is 15.3. The molecule has 1 heterocycles. The zero-order valence-corrected chi connectivity index (χ0v) is 24.2. The molecule has 0 aliphatic heterocycles. The Balaban J connectivity index is 1.28. The molecule has 1 heteroatoms. The molecule has 0 amide bonds. The van der Waals surface area contributed by atoms with E-state index in [1.807, 2.05) is 0 Å². The van der Waals surface area contributed by atoms with Crippen LogP contribution in [0.4, 0.5) is 0 Å². The molecule has 0 radical (unpaired) electrons. The highest BCUT2D eigenvalue weighted by Gasteiger charge is 2.45. The largest absolute Gasteiger partial charge is 0.309 e. The zero-order valence-electron chi connectivity index (χ0n) is 24.2. The summed E-state index contributed by atoms with van der Waals surface area (Å²) in [7, 11) is 0. The fraction of sp³-hybridized carbons (Fsp3) is 0.0233. The molecule has 1 aromatic heterocycles. The minimum atomic E-state index is -0.429. The Labute approximate surface area is 257 Å². The molecule has 44 heavy (non-hydrogen) atoms. The third-order valence-electron chi connectivity index (χ3n) is 9.52. The molecule has 8 aromatic rings. The number of para-hydroxylation sites is 2. The molecule has 0 fully saturated rings. The molecule has 1 nitrogen and oxygen atoms in total. The Morgan fingerprint density at radius 2 is 0.773 bits per heavy atom. The average Bonchev–Trinajstić information content (AvgIpc) is 3.60. The van der Waals surface area contributed by atoms with Crippen LogP contribution in [0, 0.1) is 0 Å². The van der Waals surface area contributed by atoms with Crippen LogP contribution >= 0.6 is 0 Å². The van der Waals surface area contributed by atoms with E-state index in [1.165, 1.54) is 72.0 Å². The monoisotopic (exact) mass is 559 g/mol. The lowest BCUT2D eigenvalue weighted by Gasteiger charge is -2.34. The summed E-state index contributed by atoms with van der Waals surface area (Å²) in [6, 6.07) is 64.5. The van der Waals surface area contributed by atoms with Crippen molar-refractivity contribution in [2.45, 2.75) is 5.41 Å². The molecule has 206 valence electrons. The summed E-state index contributed by atoms with van der Waals surface area (Å²) >= 11 is 0. The first kappa shape index (κ1) is 24.9. The highest BCUT2D eigenvalue weighted by molar-refractivity contribution is 6.09. The fourth-order valence-electron chi connectivity index (χ4n) is 7.63. The topological polar surface area (TPSA) is 4.93 Å². The molecule has 0 N–H and O–H groups in total. The van der Waals surface area contributed by atoms with Gasteiger partial charge >= 0.3 is 0 Å². The summed E-state index contributed by atoms with van der Waals surface area (Å²) in [5.41, 5.74) is 13.5. The maximum Gasteiger partial charge on any atom is 0.0713 e. The highest BCUT2D eigenvalue weighted by atomic mass is 15.0. The number of rotatable bonds is 4. The van der Waals surface area contributed by atoms with Gasteiger partial charge in [0.05, 0.1) is 16.4 Å². The molecule has 9 rings (SSSR count). The van der Waals surface area contributed by atoms with E-state index in [2.05, 4.69) is 180 Å². The van der Waals surface area contributed by atoms with E-state index in [0.717, 1.165) is 0 Å². The van der Waals surface area contributed by atoms with Gasteiger partial charge in [-0.05, 0) is 68.8 Å². The Bertz CT molecular complexity index is 2210. The lowest BCUT2D eigenvalue weighted by molar-refractivity contribution is 0.768. The van der Waals surface area contributed by atoms with Crippen molar-refractivity contribution in [2.75, 3.05) is 0 Å². The van der Waals surface area contributed by atoms with Crippen molar-refractivity contribution in [1.29, 1.82) is 0 Å². The summed E-state index contributed by atoms with van der Waals surface area (Å²) in [6.07, 6.45) is 0. The molecule has 0 bridgehead atoms. The highest BCUT2D eigenvalue weighted by Crippen LogP contribution is 2.56. The van der Waals surface area contributed by atoms with Gasteiger partial charge in [0.2, 0.25) is 0 Å². The van der Waals surface area contributed by atoms with Gasteiger partial charge < -0.3 is 4.57 Å². The Hall–Kier alpha value is -5.66. The maximum absolute atomic E-state index is 2.40. The second-order valence-corrected chi connectivity index (χ2v) is 11.7. The van der Waals surface area contributed by atoms with Gasteiger partial charge in [0.15, 0.2) is 0 Å². The van der Waals surface area contributed by atoms with Crippen LogP contribution < -0.4 is 0 Å². The van der Waals surface area contributed by atoms with Crippen LogP contribution in [0.2, 0.25) is 0 Å². The van der Waals surface area contributed by atoms with E-state index in [9.17, 15) is 0 Å². The van der Waals surface area contributed by atoms with Crippen molar-refractivity contribution in [3.8, 4) is 27.9 Å². The molecule has 0 unspecified atom stereocenters. The van der Waals surface area contributed by atoms with Gasteiger partial charge in [-0.25, -0.2) is 0 Å². The van der Waals surface area contributed by atoms with E-state index in [0.29, 0.717) is 0 Å². The van der Waals surface area contributed by atoms with E-state index in [1.54, 1.807) is 0 Å². The minimum absolute atomic E-state index is 0.429. The minimum Gasteiger partial charge on any atom is -0.309 e. The summed E-state index contributed by atoms with van der Waals surface area (Å²) in [4.78, 5) is 0. The zero-order chi connectivity index (χ0) is 29.1. The van der Waals surface area contributed by atoms with Crippen molar-refractivity contribution in [2.24, 2.45) is 0 Å². The van der Waals surface area contributed by atoms with Crippen LogP contribution in [-0.4, -0.2) is 4.57 Å². The van der Waals surface area contributed by atoms with Crippen LogP contribution in [0.15, 0.2) is 176 Å². The lowest BCUT2D eigenvalue weighted by Crippen LogP contribution is -2.28. The predicted molar refractivity (Wildman–Crippen MR) is 184 cm³/mol. The molecule has 0 atom stereocenters. The molecule has 0 saturated carbocycles. The van der Waals surface area contributed by atoms with Gasteiger partial charge in [-0.1, -0.05) is 152 Å². The Morgan fingerprint density at radius 3 is 1.34 bits per heavy atom. The molecule has 7 aromatic carbocycles. The average molecular weight is 560 g/mol. The summed E-state index contributed by atoms with van der Waals surface area (Å²) in [5, 5.41) is 2.56. The van der Waals surface area contributed by atoms with Gasteiger partial charge in [-0.15, -0.1) is 0 Å². The summed E-state index contributed by atoms with van der Waals surface area (Å²) in [6.45, 7) is 0. The van der Waals surface area contributed by atoms with Gasteiger partial charge in [0.25, 0.3) is 0 Å². The summed E-state index contributed by atoms with van der Waals surface area (Å²) < 4.78 is 2.40. The van der Waals surface area contributed by atoms with Gasteiger partial charge in [-0.3, -0.25) is 0 Å². The van der Waals surface area contributed by atoms with Gasteiger partial charge in [-0.2, -0.15) is 0 Å². The fourth-order valence-corrected chi connectivity index (χ4v) is 7.63. The quantitative estimate of drug-likeness (QED) is 0.202. The number of hydrogen-bond donors (Lipinski definition) is 0. The molecular formula is C43H29N. The van der Waals surface area contributed by atoms with Crippen molar-refractivity contribution in [3.63, 3.8) is 0 Å². The SMILES string of the molecule is c1ccc(-c2ccc(C3(c4ccc(-n5c6ccccc6c6ccccc65)cc4)c4ccccc4-c4ccccc43)cc2)cc1. The molecular weight excluding hydrogens is 530 g/mol. The van der Waals surface area contributed by atoms with Crippen LogP contribution in [0.1, 0.15) is 22.3 Å². The standard InChI is InChI=1S/C43H29N/c1-2-12-30(13-3-1)31-22-24-32(25-23-31)43(39-18-8-4-14-35(39)36-15-5-9-19-40(36)43)33-26-28-34(29-27-33)44-41-20-10-6-16-37(41)38-17-7-11-21-42(38)44/h1-29H. The van der Waals surface area contributed by atoms with E-state index in [-0.39, 0.29) is 0 Å². The van der Waals surface area contributed by atoms with Crippen molar-refractivity contribution in [1.82, 2.24) is 4.57 Å². The first-order valence-corrected chi connectivity index (χ1v) is 15.3. The van der Waals surface area contributed by atoms with Crippen molar-refractivity contribution >= 4 is 21.8 Å². The van der Waals surface area contributed by atoms with Gasteiger partial charge in [0, 0.05) is 16.5 Å². The summed E-state index contributed by atoms with van der Waals surface area (Å²) in [5.74, 6) is 0. The third kappa shape index (κ3) is 3.47. The van der Waals surface area contributed by atoms with Crippen LogP contribution in [-0.2, 0) is 5.41 Å².